The molecular weight excluding hydrogens is 797 g/mol. The molecule has 0 aliphatic heterocycles. The molecule has 0 aliphatic rings. The van der Waals surface area contributed by atoms with Gasteiger partial charge < -0.3 is 57.6 Å². The smallest absolute Gasteiger partial charge is 0.326 e. The molecule has 5 aromatic rings. The Morgan fingerprint density at radius 1 is 0.613 bits per heavy atom. The maximum atomic E-state index is 14.6. The number of aliphatic carboxylic acids is 1. The molecule has 17 heteroatoms. The van der Waals surface area contributed by atoms with Gasteiger partial charge in [0.15, 0.2) is 0 Å². The molecule has 0 aliphatic carbocycles. The summed E-state index contributed by atoms with van der Waals surface area (Å²) in [7, 11) is 0. The van der Waals surface area contributed by atoms with Crippen LogP contribution in [0.1, 0.15) is 50.8 Å². The zero-order chi connectivity index (χ0) is 45.1. The first-order chi connectivity index (χ1) is 29.6. The molecule has 17 nitrogen and oxygen atoms in total. The van der Waals surface area contributed by atoms with Crippen LogP contribution in [-0.2, 0) is 48.0 Å². The number of rotatable bonds is 21. The second-order valence-electron chi connectivity index (χ2n) is 15.9. The first-order valence-electron chi connectivity index (χ1n) is 20.6. The highest BCUT2D eigenvalue weighted by Crippen LogP contribution is 2.22. The number of nitrogens with one attached hydrogen (secondary N) is 7. The SMILES string of the molecule is CC[C@H](C)[C@H](NC(=O)[C@H](CO)NC(=O)[C@@H](N)C(C)C)C(=O)N[C@@H](Cc1c[nH]c2ccccc12)C(=O)N[C@@H](Cc1c[nH]c2ccccc12)C(=O)N[C@@H](Cc1ccc(O)cc1)C(=O)O. The third-order valence-corrected chi connectivity index (χ3v) is 11.1. The number of carbonyl (C=O) groups is 6. The van der Waals surface area contributed by atoms with E-state index in [0.717, 1.165) is 21.8 Å². The number of carboxylic acids is 1. The van der Waals surface area contributed by atoms with E-state index in [1.54, 1.807) is 40.1 Å². The fourth-order valence-corrected chi connectivity index (χ4v) is 7.05. The van der Waals surface area contributed by atoms with Crippen LogP contribution < -0.4 is 32.3 Å². The number of aromatic hydroxyl groups is 1. The number of aromatic amines is 2. The predicted octanol–water partition coefficient (Wildman–Crippen LogP) is 1.91. The van der Waals surface area contributed by atoms with Gasteiger partial charge in [0.05, 0.1) is 12.6 Å². The second kappa shape index (κ2) is 21.2. The van der Waals surface area contributed by atoms with Gasteiger partial charge in [-0.15, -0.1) is 0 Å². The summed E-state index contributed by atoms with van der Waals surface area (Å²) in [5.74, 6) is -5.90. The number of hydrogen-bond acceptors (Lipinski definition) is 9. The maximum Gasteiger partial charge on any atom is 0.326 e. The second-order valence-corrected chi connectivity index (χ2v) is 15.9. The number of amides is 5. The van der Waals surface area contributed by atoms with Crippen LogP contribution in [0.15, 0.2) is 85.2 Å². The molecule has 2 aromatic heterocycles. The lowest BCUT2D eigenvalue weighted by atomic mass is 9.96. The van der Waals surface area contributed by atoms with Crippen molar-refractivity contribution < 1.29 is 44.1 Å². The normalized spacial score (nSPS) is 14.8. The van der Waals surface area contributed by atoms with Crippen LogP contribution in [0, 0.1) is 11.8 Å². The van der Waals surface area contributed by atoms with E-state index < -0.39 is 84.3 Å². The highest BCUT2D eigenvalue weighted by atomic mass is 16.4. The number of phenolic OH excluding ortho intramolecular Hbond substituents is 1. The molecule has 5 amide bonds. The fraction of sp³-hybridized carbons (Fsp3) is 0.378. The molecule has 0 saturated heterocycles. The van der Waals surface area contributed by atoms with E-state index in [1.165, 1.54) is 24.3 Å². The van der Waals surface area contributed by atoms with E-state index in [-0.39, 0.29) is 30.9 Å². The monoisotopic (exact) mass is 852 g/mol. The molecule has 5 rings (SSSR count). The van der Waals surface area contributed by atoms with Crippen LogP contribution in [0.2, 0.25) is 0 Å². The Hall–Kier alpha value is -6.72. The minimum Gasteiger partial charge on any atom is -0.508 e. The van der Waals surface area contributed by atoms with Crippen LogP contribution in [0.25, 0.3) is 21.8 Å². The van der Waals surface area contributed by atoms with E-state index in [4.69, 9.17) is 5.73 Å². The van der Waals surface area contributed by atoms with E-state index in [0.29, 0.717) is 23.1 Å². The summed E-state index contributed by atoms with van der Waals surface area (Å²) >= 11 is 0. The Labute approximate surface area is 358 Å². The van der Waals surface area contributed by atoms with Gasteiger partial charge in [0.2, 0.25) is 29.5 Å². The van der Waals surface area contributed by atoms with Crippen LogP contribution in [0.4, 0.5) is 0 Å². The number of para-hydroxylation sites is 2. The third kappa shape index (κ3) is 11.8. The number of benzene rings is 3. The number of phenols is 1. The van der Waals surface area contributed by atoms with E-state index in [2.05, 4.69) is 36.6 Å². The van der Waals surface area contributed by atoms with Gasteiger partial charge in [0, 0.05) is 53.5 Å². The standard InChI is InChI=1S/C45H56N8O9/c1-5-25(4)39(53-42(58)37(23-54)52-43(59)38(46)24(2)3)44(60)50-35(20-28-22-48-33-13-9-7-11-31(28)33)40(56)49-34(19-27-21-47-32-12-8-6-10-30(27)32)41(57)51-36(45(61)62)18-26-14-16-29(55)17-15-26/h6-17,21-22,24-25,34-39,47-48,54-55H,5,18-20,23,46H2,1-4H3,(H,49,56)(H,50,60)(H,51,57)(H,52,59)(H,53,58)(H,61,62)/t25-,34-,35-,36-,37-,38-,39-/m0/s1. The van der Waals surface area contributed by atoms with Gasteiger partial charge in [-0.05, 0) is 52.8 Å². The maximum absolute atomic E-state index is 14.6. The lowest BCUT2D eigenvalue weighted by molar-refractivity contribution is -0.142. The van der Waals surface area contributed by atoms with Crippen molar-refractivity contribution >= 4 is 57.3 Å². The number of aliphatic hydroxyl groups is 1. The lowest BCUT2D eigenvalue weighted by Crippen LogP contribution is -2.61. The van der Waals surface area contributed by atoms with Crippen molar-refractivity contribution in [3.05, 3.63) is 102 Å². The van der Waals surface area contributed by atoms with E-state index in [9.17, 15) is 44.1 Å². The third-order valence-electron chi connectivity index (χ3n) is 11.1. The molecule has 0 fully saturated rings. The molecule has 330 valence electrons. The molecule has 62 heavy (non-hydrogen) atoms. The summed E-state index contributed by atoms with van der Waals surface area (Å²) in [4.78, 5) is 88.1. The topological polar surface area (TPSA) is 281 Å². The fourth-order valence-electron chi connectivity index (χ4n) is 7.05. The van der Waals surface area contributed by atoms with Gasteiger partial charge in [-0.1, -0.05) is 82.6 Å². The number of nitrogens with two attached hydrogens (primary N) is 1. The molecule has 3 aromatic carbocycles. The largest absolute Gasteiger partial charge is 0.508 e. The minimum absolute atomic E-state index is 0.0107. The summed E-state index contributed by atoms with van der Waals surface area (Å²) in [5, 5.41) is 44.8. The molecule has 7 atom stereocenters. The molecule has 0 radical (unpaired) electrons. The Morgan fingerprint density at radius 2 is 1.08 bits per heavy atom. The van der Waals surface area contributed by atoms with Crippen molar-refractivity contribution in [2.24, 2.45) is 17.6 Å². The number of carboxylic acid groups (broad SMARTS) is 1. The molecule has 0 saturated carbocycles. The molecule has 12 N–H and O–H groups in total. The summed E-state index contributed by atoms with van der Waals surface area (Å²) < 4.78 is 0. The van der Waals surface area contributed by atoms with E-state index >= 15 is 0 Å². The van der Waals surface area contributed by atoms with Crippen LogP contribution in [0.5, 0.6) is 5.75 Å². The van der Waals surface area contributed by atoms with Crippen molar-refractivity contribution in [3.63, 3.8) is 0 Å². The Balaban J connectivity index is 1.45. The van der Waals surface area contributed by atoms with Gasteiger partial charge in [0.25, 0.3) is 0 Å². The zero-order valence-electron chi connectivity index (χ0n) is 35.1. The summed E-state index contributed by atoms with van der Waals surface area (Å²) in [6.45, 7) is 6.21. The van der Waals surface area contributed by atoms with Crippen molar-refractivity contribution in [2.75, 3.05) is 6.61 Å². The van der Waals surface area contributed by atoms with Gasteiger partial charge in [-0.2, -0.15) is 0 Å². The van der Waals surface area contributed by atoms with Gasteiger partial charge in [-0.3, -0.25) is 24.0 Å². The number of fused-ring (bicyclic) bond motifs is 2. The van der Waals surface area contributed by atoms with Gasteiger partial charge in [0.1, 0.15) is 36.0 Å². The first kappa shape index (κ1) is 46.3. The molecular formula is C45H56N8O9. The number of aromatic nitrogens is 2. The molecule has 0 unspecified atom stereocenters. The van der Waals surface area contributed by atoms with Crippen molar-refractivity contribution in [3.8, 4) is 5.75 Å². The number of aliphatic hydroxyl groups excluding tert-OH is 1. The van der Waals surface area contributed by atoms with Gasteiger partial charge >= 0.3 is 5.97 Å². The Morgan fingerprint density at radius 3 is 1.56 bits per heavy atom. The van der Waals surface area contributed by atoms with Crippen LogP contribution in [-0.4, -0.2) is 104 Å². The molecule has 0 spiro atoms. The van der Waals surface area contributed by atoms with Crippen LogP contribution >= 0.6 is 0 Å². The lowest BCUT2D eigenvalue weighted by Gasteiger charge is -2.29. The van der Waals surface area contributed by atoms with Crippen molar-refractivity contribution in [2.45, 2.75) is 89.6 Å². The van der Waals surface area contributed by atoms with Crippen molar-refractivity contribution in [1.29, 1.82) is 0 Å². The highest BCUT2D eigenvalue weighted by Gasteiger charge is 2.35. The van der Waals surface area contributed by atoms with E-state index in [1.807, 2.05) is 48.5 Å². The Kier molecular flexibility index (Phi) is 15.8. The predicted molar refractivity (Wildman–Crippen MR) is 232 cm³/mol. The molecule has 2 heterocycles. The van der Waals surface area contributed by atoms with Crippen LogP contribution in [0.3, 0.4) is 0 Å². The molecule has 0 bridgehead atoms. The van der Waals surface area contributed by atoms with Crippen molar-refractivity contribution in [1.82, 2.24) is 36.6 Å². The highest BCUT2D eigenvalue weighted by molar-refractivity contribution is 5.97. The first-order valence-corrected chi connectivity index (χ1v) is 20.6. The number of carbonyl (C=O) groups excluding carboxylic acids is 5. The average Bonchev–Trinajstić information content (AvgIpc) is 3.87. The summed E-state index contributed by atoms with van der Waals surface area (Å²) in [6.07, 6.45) is 3.56. The minimum atomic E-state index is -1.43. The number of hydrogen-bond donors (Lipinski definition) is 11. The summed E-state index contributed by atoms with van der Waals surface area (Å²) in [5.41, 5.74) is 9.35. The summed E-state index contributed by atoms with van der Waals surface area (Å²) in [6, 6.07) is 12.9. The average molecular weight is 853 g/mol. The zero-order valence-corrected chi connectivity index (χ0v) is 35.1. The Bertz CT molecular complexity index is 2360. The van der Waals surface area contributed by atoms with Gasteiger partial charge in [-0.25, -0.2) is 4.79 Å². The quantitative estimate of drug-likeness (QED) is 0.0510. The number of H-pyrrole nitrogens is 2.